The van der Waals surface area contributed by atoms with E-state index in [1.54, 1.807) is 7.05 Å². The third-order valence-corrected chi connectivity index (χ3v) is 10.8. The van der Waals surface area contributed by atoms with E-state index in [9.17, 15) is 26.4 Å². The molecule has 0 bridgehead atoms. The number of aromatic nitrogens is 4. The first-order chi connectivity index (χ1) is 21.3. The first-order valence-corrected chi connectivity index (χ1v) is 16.5. The highest BCUT2D eigenvalue weighted by molar-refractivity contribution is 7.89. The number of urea groups is 1. The number of halogens is 3. The lowest BCUT2D eigenvalue weighted by molar-refractivity contribution is 0.0591. The van der Waals surface area contributed by atoms with Crippen LogP contribution < -0.4 is 9.62 Å². The van der Waals surface area contributed by atoms with Gasteiger partial charge in [0.2, 0.25) is 10.0 Å². The number of hydrogen-bond donors (Lipinski definition) is 1. The lowest BCUT2D eigenvalue weighted by atomic mass is 10.1. The molecule has 1 atom stereocenters. The van der Waals surface area contributed by atoms with Gasteiger partial charge in [-0.25, -0.2) is 36.1 Å². The summed E-state index contributed by atoms with van der Waals surface area (Å²) in [5.74, 6) is 2.81. The summed E-state index contributed by atoms with van der Waals surface area (Å²) in [6, 6.07) is 0.416. The summed E-state index contributed by atoms with van der Waals surface area (Å²) >= 11 is 0.664. The minimum Gasteiger partial charge on any atom is -0.361 e. The van der Waals surface area contributed by atoms with Crippen molar-refractivity contribution >= 4 is 38.6 Å². The Morgan fingerprint density at radius 2 is 2.04 bits per heavy atom. The molecule has 0 aromatic carbocycles. The Bertz CT molecular complexity index is 1790. The molecule has 5 heterocycles. The number of carbonyl (C=O) groups is 1. The highest BCUT2D eigenvalue weighted by atomic mass is 32.2. The van der Waals surface area contributed by atoms with Gasteiger partial charge in [-0.3, -0.25) is 14.2 Å². The minimum atomic E-state index is -4.01. The van der Waals surface area contributed by atoms with Gasteiger partial charge in [0, 0.05) is 50.7 Å². The number of nitrogens with one attached hydrogen (secondary N) is 1. The predicted octanol–water partition coefficient (Wildman–Crippen LogP) is 2.96. The van der Waals surface area contributed by atoms with Crippen molar-refractivity contribution in [3.8, 4) is 23.2 Å². The number of hydrogen-bond acceptors (Lipinski definition) is 9. The van der Waals surface area contributed by atoms with Gasteiger partial charge in [0.1, 0.15) is 17.1 Å². The number of sulfonamides is 1. The van der Waals surface area contributed by atoms with Crippen LogP contribution in [-0.4, -0.2) is 113 Å². The van der Waals surface area contributed by atoms with E-state index in [-0.39, 0.29) is 34.8 Å². The maximum absolute atomic E-state index is 13.6. The van der Waals surface area contributed by atoms with Crippen LogP contribution in [0.25, 0.3) is 16.3 Å². The molecule has 240 valence electrons. The monoisotopic (exact) mass is 663 g/mol. The minimum absolute atomic E-state index is 0.0707. The van der Waals surface area contributed by atoms with Gasteiger partial charge in [-0.15, -0.1) is 16.6 Å². The van der Waals surface area contributed by atoms with Crippen molar-refractivity contribution < 1.29 is 26.4 Å². The van der Waals surface area contributed by atoms with Gasteiger partial charge >= 0.3 is 6.03 Å². The molecule has 2 aliphatic heterocycles. The number of alkyl halides is 3. The zero-order chi connectivity index (χ0) is 32.3. The van der Waals surface area contributed by atoms with E-state index in [1.165, 1.54) is 32.7 Å². The van der Waals surface area contributed by atoms with E-state index in [0.717, 1.165) is 0 Å². The number of likely N-dealkylation sites (tertiary alicyclic amines) is 1. The third-order valence-electron chi connectivity index (χ3n) is 8.25. The fraction of sp³-hybridized carbons (Fsp3) is 0.500. The highest BCUT2D eigenvalue weighted by Crippen LogP contribution is 2.38. The second kappa shape index (κ2) is 11.6. The predicted molar refractivity (Wildman–Crippen MR) is 162 cm³/mol. The highest BCUT2D eigenvalue weighted by Gasteiger charge is 2.42. The van der Waals surface area contributed by atoms with Crippen molar-refractivity contribution in [1.82, 2.24) is 39.0 Å². The molecule has 0 spiro atoms. The van der Waals surface area contributed by atoms with Gasteiger partial charge in [-0.2, -0.15) is 0 Å². The molecule has 45 heavy (non-hydrogen) atoms. The largest absolute Gasteiger partial charge is 0.361 e. The third kappa shape index (κ3) is 6.11. The first kappa shape index (κ1) is 31.3. The molecule has 12 nitrogen and oxygen atoms in total. The van der Waals surface area contributed by atoms with Crippen molar-refractivity contribution in [3.63, 3.8) is 0 Å². The van der Waals surface area contributed by atoms with Crippen molar-refractivity contribution in [2.45, 2.75) is 48.8 Å². The van der Waals surface area contributed by atoms with Gasteiger partial charge in [-0.05, 0) is 25.8 Å². The van der Waals surface area contributed by atoms with Crippen molar-refractivity contribution in [3.05, 3.63) is 35.7 Å². The average Bonchev–Trinajstić information content (AvgIpc) is 3.34. The van der Waals surface area contributed by atoms with Crippen LogP contribution in [0.4, 0.5) is 23.7 Å². The first-order valence-electron chi connectivity index (χ1n) is 14.2. The molecule has 0 radical (unpaired) electrons. The van der Waals surface area contributed by atoms with Crippen molar-refractivity contribution in [2.75, 3.05) is 51.2 Å². The standard InChI is InChI=1S/C28H32F3N9O3S2/c1-5-19-15-38(12-17(2)40(19)27(41)36(4)8-9-37-13-18(29)14-37)21-10-20(45(42,43)35-28(3)6-7-28)16-39-22(21)11-32-24(39)26-34-33-25(44-26)23(30)31/h1,10-11,16,18-19,23,35H,2,6-9,12-15H2,3-4H3/t19-/m0/s1. The molecule has 1 N–H and O–H groups in total. The number of fused-ring (bicyclic) bond motifs is 1. The Kier molecular flexibility index (Phi) is 8.04. The second-order valence-electron chi connectivity index (χ2n) is 11.9. The molecule has 3 fully saturated rings. The van der Waals surface area contributed by atoms with Crippen LogP contribution in [0.2, 0.25) is 0 Å². The molecule has 3 aromatic rings. The SMILES string of the molecule is C#C[C@H]1CN(c2cc(S(=O)(=O)NC3(C)CC3)cn3c(-c4nnc(C(F)F)s4)ncc23)CC(=C)N1C(=O)N(C)CCN1CC(F)C1. The second-order valence-corrected chi connectivity index (χ2v) is 14.6. The average molecular weight is 664 g/mol. The van der Waals surface area contributed by atoms with Gasteiger partial charge in [0.05, 0.1) is 30.5 Å². The molecule has 3 aromatic heterocycles. The van der Waals surface area contributed by atoms with Crippen LogP contribution in [0.1, 0.15) is 31.2 Å². The zero-order valence-corrected chi connectivity index (χ0v) is 26.3. The quantitative estimate of drug-likeness (QED) is 0.348. The smallest absolute Gasteiger partial charge is 0.325 e. The van der Waals surface area contributed by atoms with Crippen molar-refractivity contribution in [1.29, 1.82) is 0 Å². The van der Waals surface area contributed by atoms with Crippen LogP contribution >= 0.6 is 11.3 Å². The van der Waals surface area contributed by atoms with E-state index >= 15 is 0 Å². The van der Waals surface area contributed by atoms with Gasteiger partial charge in [0.25, 0.3) is 6.43 Å². The van der Waals surface area contributed by atoms with E-state index in [0.29, 0.717) is 67.3 Å². The summed E-state index contributed by atoms with van der Waals surface area (Å²) in [6.07, 6.45) is 6.53. The molecule has 3 aliphatic rings. The Morgan fingerprint density at radius 3 is 2.67 bits per heavy atom. The maximum Gasteiger partial charge on any atom is 0.325 e. The Hall–Kier alpha value is -3.72. The number of likely N-dealkylation sites (N-methyl/N-ethyl adjacent to an activating group) is 1. The number of rotatable bonds is 9. The number of pyridine rings is 1. The van der Waals surface area contributed by atoms with E-state index in [4.69, 9.17) is 6.42 Å². The fourth-order valence-corrected chi connectivity index (χ4v) is 7.58. The molecule has 1 aliphatic carbocycles. The summed E-state index contributed by atoms with van der Waals surface area (Å²) in [5, 5.41) is 7.04. The number of terminal acetylenes is 1. The number of anilines is 1. The van der Waals surface area contributed by atoms with Crippen LogP contribution in [0.5, 0.6) is 0 Å². The summed E-state index contributed by atoms with van der Waals surface area (Å²) < 4.78 is 71.2. The van der Waals surface area contributed by atoms with Gasteiger partial charge < -0.3 is 9.80 Å². The molecule has 2 saturated heterocycles. The number of imidazole rings is 1. The van der Waals surface area contributed by atoms with Crippen LogP contribution in [0, 0.1) is 12.3 Å². The molecule has 0 unspecified atom stereocenters. The van der Waals surface area contributed by atoms with E-state index in [2.05, 4.69) is 32.4 Å². The Balaban J connectivity index is 1.33. The lowest BCUT2D eigenvalue weighted by Crippen LogP contribution is -2.57. The lowest BCUT2D eigenvalue weighted by Gasteiger charge is -2.43. The summed E-state index contributed by atoms with van der Waals surface area (Å²) in [4.78, 5) is 24.5. The number of carbonyl (C=O) groups excluding carboxylic acids is 1. The normalized spacial score (nSPS) is 20.5. The summed E-state index contributed by atoms with van der Waals surface area (Å²) in [5.41, 5.74) is 0.753. The van der Waals surface area contributed by atoms with Crippen LogP contribution in [0.3, 0.4) is 0 Å². The number of piperazine rings is 1. The summed E-state index contributed by atoms with van der Waals surface area (Å²) in [7, 11) is -2.37. The molecular formula is C28H32F3N9O3S2. The zero-order valence-electron chi connectivity index (χ0n) is 24.7. The Labute approximate surface area is 262 Å². The molecule has 6 rings (SSSR count). The molecule has 17 heteroatoms. The Morgan fingerprint density at radius 1 is 1.31 bits per heavy atom. The van der Waals surface area contributed by atoms with Crippen molar-refractivity contribution in [2.24, 2.45) is 0 Å². The van der Waals surface area contributed by atoms with Crippen LogP contribution in [0.15, 0.2) is 35.6 Å². The van der Waals surface area contributed by atoms with Gasteiger partial charge in [-0.1, -0.05) is 23.8 Å². The maximum atomic E-state index is 13.6. The summed E-state index contributed by atoms with van der Waals surface area (Å²) in [6.45, 7) is 7.81. The van der Waals surface area contributed by atoms with E-state index in [1.807, 2.05) is 16.7 Å². The van der Waals surface area contributed by atoms with Gasteiger partial charge in [0.15, 0.2) is 15.8 Å². The number of nitrogens with zero attached hydrogens (tertiary/aromatic N) is 8. The van der Waals surface area contributed by atoms with Crippen LogP contribution in [-0.2, 0) is 10.0 Å². The molecule has 1 saturated carbocycles. The van der Waals surface area contributed by atoms with E-state index < -0.39 is 39.2 Å². The fourth-order valence-electron chi connectivity index (χ4n) is 5.41. The molecule has 2 amide bonds. The molecular weight excluding hydrogens is 631 g/mol. The topological polar surface area (TPSA) is 119 Å². The number of amides is 2.